The molecule has 1 saturated heterocycles. The molecule has 0 spiro atoms. The van der Waals surface area contributed by atoms with Gasteiger partial charge in [0.25, 0.3) is 11.6 Å². The van der Waals surface area contributed by atoms with Crippen molar-refractivity contribution in [3.63, 3.8) is 0 Å². The molecule has 0 bridgehead atoms. The zero-order valence-corrected chi connectivity index (χ0v) is 15.4. The standard InChI is InChI=1S/C20H23N3O4/c1-16-2-8-19(9-3-16)27-15-20(24)22-12-10-21(11-13-22)14-17-4-6-18(7-5-17)23(25)26/h2-9H,10-15H2,1H3/p+1. The van der Waals surface area contributed by atoms with Crippen LogP contribution in [0.15, 0.2) is 48.5 Å². The molecule has 142 valence electrons. The van der Waals surface area contributed by atoms with Crippen LogP contribution in [0, 0.1) is 17.0 Å². The number of amides is 1. The van der Waals surface area contributed by atoms with Gasteiger partial charge in [0.1, 0.15) is 12.3 Å². The first-order valence-electron chi connectivity index (χ1n) is 9.05. The molecule has 0 unspecified atom stereocenters. The summed E-state index contributed by atoms with van der Waals surface area (Å²) in [5.74, 6) is 0.710. The zero-order chi connectivity index (χ0) is 19.2. The normalized spacial score (nSPS) is 14.8. The molecule has 1 heterocycles. The summed E-state index contributed by atoms with van der Waals surface area (Å²) >= 11 is 0. The molecule has 0 radical (unpaired) electrons. The Labute approximate surface area is 158 Å². The second-order valence-corrected chi connectivity index (χ2v) is 6.83. The Bertz CT molecular complexity index is 782. The number of hydrogen-bond donors (Lipinski definition) is 1. The van der Waals surface area contributed by atoms with Crippen LogP contribution in [0.4, 0.5) is 5.69 Å². The Kier molecular flexibility index (Phi) is 6.03. The summed E-state index contributed by atoms with van der Waals surface area (Å²) in [4.78, 5) is 25.9. The van der Waals surface area contributed by atoms with Gasteiger partial charge in [0.2, 0.25) is 0 Å². The predicted molar refractivity (Wildman–Crippen MR) is 101 cm³/mol. The van der Waals surface area contributed by atoms with Crippen molar-refractivity contribution < 1.29 is 19.4 Å². The van der Waals surface area contributed by atoms with Gasteiger partial charge in [0.15, 0.2) is 6.61 Å². The van der Waals surface area contributed by atoms with Gasteiger partial charge in [0.05, 0.1) is 31.1 Å². The Morgan fingerprint density at radius 2 is 1.74 bits per heavy atom. The van der Waals surface area contributed by atoms with Gasteiger partial charge in [-0.05, 0) is 31.2 Å². The number of carbonyl (C=O) groups excluding carboxylic acids is 1. The first-order valence-corrected chi connectivity index (χ1v) is 9.05. The van der Waals surface area contributed by atoms with Gasteiger partial charge < -0.3 is 14.5 Å². The molecule has 1 N–H and O–H groups in total. The fraction of sp³-hybridized carbons (Fsp3) is 0.350. The van der Waals surface area contributed by atoms with Gasteiger partial charge in [-0.15, -0.1) is 0 Å². The number of nitro groups is 1. The molecule has 1 fully saturated rings. The van der Waals surface area contributed by atoms with Crippen LogP contribution < -0.4 is 9.64 Å². The highest BCUT2D eigenvalue weighted by atomic mass is 16.6. The molecule has 0 aliphatic carbocycles. The highest BCUT2D eigenvalue weighted by Crippen LogP contribution is 2.12. The lowest BCUT2D eigenvalue weighted by Crippen LogP contribution is -3.13. The quantitative estimate of drug-likeness (QED) is 0.613. The Morgan fingerprint density at radius 3 is 2.33 bits per heavy atom. The van der Waals surface area contributed by atoms with Crippen LogP contribution in [0.1, 0.15) is 11.1 Å². The van der Waals surface area contributed by atoms with Crippen molar-refractivity contribution in [1.29, 1.82) is 0 Å². The zero-order valence-electron chi connectivity index (χ0n) is 15.4. The van der Waals surface area contributed by atoms with Gasteiger partial charge in [-0.3, -0.25) is 14.9 Å². The summed E-state index contributed by atoms with van der Waals surface area (Å²) in [6, 6.07) is 14.3. The topological polar surface area (TPSA) is 77.1 Å². The number of quaternary nitrogens is 1. The molecule has 0 atom stereocenters. The number of non-ortho nitro benzene ring substituents is 1. The van der Waals surface area contributed by atoms with E-state index in [1.54, 1.807) is 12.1 Å². The van der Waals surface area contributed by atoms with E-state index >= 15 is 0 Å². The average Bonchev–Trinajstić information content (AvgIpc) is 2.68. The molecule has 7 heteroatoms. The highest BCUT2D eigenvalue weighted by Gasteiger charge is 2.24. The van der Waals surface area contributed by atoms with E-state index in [1.807, 2.05) is 36.1 Å². The monoisotopic (exact) mass is 370 g/mol. The molecule has 1 aliphatic heterocycles. The first kappa shape index (κ1) is 18.8. The minimum absolute atomic E-state index is 0.00459. The Hall–Kier alpha value is -2.93. The number of rotatable bonds is 6. The summed E-state index contributed by atoms with van der Waals surface area (Å²) in [6.45, 7) is 5.96. The number of nitro benzene ring substituents is 1. The van der Waals surface area contributed by atoms with E-state index in [0.717, 1.165) is 30.8 Å². The molecular weight excluding hydrogens is 346 g/mol. The molecule has 0 aromatic heterocycles. The second-order valence-electron chi connectivity index (χ2n) is 6.83. The number of piperazine rings is 1. The minimum Gasteiger partial charge on any atom is -0.484 e. The molecule has 2 aromatic rings. The minimum atomic E-state index is -0.389. The number of nitrogens with zero attached hydrogens (tertiary/aromatic N) is 2. The first-order chi connectivity index (χ1) is 13.0. The summed E-state index contributed by atoms with van der Waals surface area (Å²) in [7, 11) is 0. The van der Waals surface area contributed by atoms with Crippen molar-refractivity contribution >= 4 is 11.6 Å². The van der Waals surface area contributed by atoms with Crippen molar-refractivity contribution in [2.24, 2.45) is 0 Å². The van der Waals surface area contributed by atoms with Crippen LogP contribution in [0.5, 0.6) is 5.75 Å². The number of carbonyl (C=O) groups is 1. The lowest BCUT2D eigenvalue weighted by molar-refractivity contribution is -0.917. The molecular formula is C20H24N3O4+. The third-order valence-corrected chi connectivity index (χ3v) is 4.81. The third-order valence-electron chi connectivity index (χ3n) is 4.81. The van der Waals surface area contributed by atoms with Gasteiger partial charge in [-0.2, -0.15) is 0 Å². The second kappa shape index (κ2) is 8.64. The maximum Gasteiger partial charge on any atom is 0.269 e. The van der Waals surface area contributed by atoms with Gasteiger partial charge in [-0.1, -0.05) is 17.7 Å². The van der Waals surface area contributed by atoms with E-state index < -0.39 is 0 Å². The molecule has 1 amide bonds. The van der Waals surface area contributed by atoms with Crippen molar-refractivity contribution in [1.82, 2.24) is 4.90 Å². The highest BCUT2D eigenvalue weighted by molar-refractivity contribution is 5.77. The largest absolute Gasteiger partial charge is 0.484 e. The molecule has 1 aliphatic rings. The van der Waals surface area contributed by atoms with Crippen molar-refractivity contribution in [2.45, 2.75) is 13.5 Å². The van der Waals surface area contributed by atoms with E-state index in [2.05, 4.69) is 0 Å². The molecule has 2 aromatic carbocycles. The van der Waals surface area contributed by atoms with Crippen LogP contribution in [-0.2, 0) is 11.3 Å². The van der Waals surface area contributed by atoms with Crippen molar-refractivity contribution in [3.8, 4) is 5.75 Å². The summed E-state index contributed by atoms with van der Waals surface area (Å²) in [5, 5.41) is 10.7. The number of nitrogens with one attached hydrogen (secondary N) is 1. The maximum atomic E-state index is 12.3. The van der Waals surface area contributed by atoms with Crippen LogP contribution in [0.2, 0.25) is 0 Å². The van der Waals surface area contributed by atoms with E-state index in [0.29, 0.717) is 18.8 Å². The summed E-state index contributed by atoms with van der Waals surface area (Å²) in [5.41, 5.74) is 2.33. The van der Waals surface area contributed by atoms with E-state index in [4.69, 9.17) is 4.74 Å². The Balaban J connectivity index is 1.43. The lowest BCUT2D eigenvalue weighted by Gasteiger charge is -2.32. The molecule has 0 saturated carbocycles. The van der Waals surface area contributed by atoms with Crippen LogP contribution in [-0.4, -0.2) is 48.5 Å². The molecule has 7 nitrogen and oxygen atoms in total. The van der Waals surface area contributed by atoms with Crippen molar-refractivity contribution in [2.75, 3.05) is 32.8 Å². The Morgan fingerprint density at radius 1 is 1.11 bits per heavy atom. The maximum absolute atomic E-state index is 12.3. The smallest absolute Gasteiger partial charge is 0.269 e. The van der Waals surface area contributed by atoms with Gasteiger partial charge in [-0.25, -0.2) is 0 Å². The van der Waals surface area contributed by atoms with Gasteiger partial charge >= 0.3 is 0 Å². The number of aryl methyl sites for hydroxylation is 1. The molecule has 27 heavy (non-hydrogen) atoms. The van der Waals surface area contributed by atoms with Crippen LogP contribution in [0.25, 0.3) is 0 Å². The number of benzene rings is 2. The summed E-state index contributed by atoms with van der Waals surface area (Å²) in [6.07, 6.45) is 0. The molecule has 3 rings (SSSR count). The third kappa shape index (κ3) is 5.27. The van der Waals surface area contributed by atoms with Crippen LogP contribution >= 0.6 is 0 Å². The van der Waals surface area contributed by atoms with Crippen LogP contribution in [0.3, 0.4) is 0 Å². The average molecular weight is 370 g/mol. The van der Waals surface area contributed by atoms with E-state index in [-0.39, 0.29) is 23.1 Å². The SMILES string of the molecule is Cc1ccc(OCC(=O)N2CC[NH+](Cc3ccc([N+](=O)[O-])cc3)CC2)cc1. The van der Waals surface area contributed by atoms with E-state index in [1.165, 1.54) is 17.0 Å². The summed E-state index contributed by atoms with van der Waals surface area (Å²) < 4.78 is 5.58. The van der Waals surface area contributed by atoms with Gasteiger partial charge in [0, 0.05) is 17.7 Å². The number of hydrogen-bond acceptors (Lipinski definition) is 4. The van der Waals surface area contributed by atoms with Crippen molar-refractivity contribution in [3.05, 3.63) is 69.8 Å². The fourth-order valence-corrected chi connectivity index (χ4v) is 3.14. The fourth-order valence-electron chi connectivity index (χ4n) is 3.14. The lowest BCUT2D eigenvalue weighted by atomic mass is 10.2. The number of ether oxygens (including phenoxy) is 1. The van der Waals surface area contributed by atoms with E-state index in [9.17, 15) is 14.9 Å². The predicted octanol–water partition coefficient (Wildman–Crippen LogP) is 1.21.